The molecule has 0 atom stereocenters. The van der Waals surface area contributed by atoms with E-state index in [0.717, 1.165) is 16.8 Å². The number of imidazole rings is 1. The van der Waals surface area contributed by atoms with Crippen LogP contribution >= 0.6 is 0 Å². The molecule has 0 aliphatic carbocycles. The third-order valence-corrected chi connectivity index (χ3v) is 3.00. The highest BCUT2D eigenvalue weighted by molar-refractivity contribution is 5.75. The molecule has 0 spiro atoms. The molecule has 0 bridgehead atoms. The molecule has 2 N–H and O–H groups in total. The maximum Gasteiger partial charge on any atom is 0.142 e. The number of benzene rings is 1. The van der Waals surface area contributed by atoms with Gasteiger partial charge >= 0.3 is 0 Å². The second kappa shape index (κ2) is 3.84. The smallest absolute Gasteiger partial charge is 0.142 e. The van der Waals surface area contributed by atoms with Crippen LogP contribution in [0, 0.1) is 12.7 Å². The Morgan fingerprint density at radius 3 is 2.56 bits per heavy atom. The molecule has 3 aromatic rings. The third-order valence-electron chi connectivity index (χ3n) is 3.00. The molecular formula is C14H12FN3. The van der Waals surface area contributed by atoms with Crippen LogP contribution in [0.2, 0.25) is 0 Å². The predicted octanol–water partition coefficient (Wildman–Crippen LogP) is 3.03. The summed E-state index contributed by atoms with van der Waals surface area (Å²) >= 11 is 0. The summed E-state index contributed by atoms with van der Waals surface area (Å²) in [4.78, 5) is 4.53. The minimum absolute atomic E-state index is 0.266. The van der Waals surface area contributed by atoms with Crippen molar-refractivity contribution in [3.8, 4) is 11.3 Å². The maximum absolute atomic E-state index is 12.9. The lowest BCUT2D eigenvalue weighted by Gasteiger charge is -1.99. The first-order chi connectivity index (χ1) is 8.66. The number of nitrogens with zero attached hydrogens (tertiary/aromatic N) is 2. The van der Waals surface area contributed by atoms with Gasteiger partial charge in [-0.25, -0.2) is 9.37 Å². The van der Waals surface area contributed by atoms with Crippen molar-refractivity contribution in [3.05, 3.63) is 54.0 Å². The van der Waals surface area contributed by atoms with Gasteiger partial charge in [0.05, 0.1) is 0 Å². The summed E-state index contributed by atoms with van der Waals surface area (Å²) in [6.07, 6.45) is 1.87. The molecular weight excluding hydrogens is 229 g/mol. The van der Waals surface area contributed by atoms with Crippen molar-refractivity contribution in [1.82, 2.24) is 9.38 Å². The van der Waals surface area contributed by atoms with Crippen LogP contribution in [-0.2, 0) is 0 Å². The average molecular weight is 241 g/mol. The number of nitrogens with two attached hydrogens (primary N) is 1. The first-order valence-electron chi connectivity index (χ1n) is 5.66. The Labute approximate surface area is 104 Å². The highest BCUT2D eigenvalue weighted by Crippen LogP contribution is 2.27. The fraction of sp³-hybridized carbons (Fsp3) is 0.0714. The van der Waals surface area contributed by atoms with Crippen LogP contribution in [0.3, 0.4) is 0 Å². The van der Waals surface area contributed by atoms with Gasteiger partial charge in [0.15, 0.2) is 0 Å². The van der Waals surface area contributed by atoms with Crippen LogP contribution < -0.4 is 5.73 Å². The zero-order valence-electron chi connectivity index (χ0n) is 9.89. The first kappa shape index (κ1) is 10.8. The fourth-order valence-electron chi connectivity index (χ4n) is 2.04. The van der Waals surface area contributed by atoms with Gasteiger partial charge in [-0.15, -0.1) is 0 Å². The van der Waals surface area contributed by atoms with E-state index in [-0.39, 0.29) is 5.82 Å². The Balaban J connectivity index is 2.27. The van der Waals surface area contributed by atoms with Crippen molar-refractivity contribution in [2.24, 2.45) is 0 Å². The van der Waals surface area contributed by atoms with Crippen LogP contribution in [0.25, 0.3) is 16.9 Å². The van der Waals surface area contributed by atoms with Crippen molar-refractivity contribution in [2.45, 2.75) is 6.92 Å². The number of hydrogen-bond acceptors (Lipinski definition) is 2. The molecule has 3 rings (SSSR count). The number of fused-ring (bicyclic) bond motifs is 1. The molecule has 0 saturated carbocycles. The van der Waals surface area contributed by atoms with E-state index >= 15 is 0 Å². The highest BCUT2D eigenvalue weighted by Gasteiger charge is 2.12. The van der Waals surface area contributed by atoms with Crippen molar-refractivity contribution in [3.63, 3.8) is 0 Å². The molecule has 4 heteroatoms. The summed E-state index contributed by atoms with van der Waals surface area (Å²) in [7, 11) is 0. The Bertz CT molecular complexity index is 714. The Hall–Kier alpha value is -2.36. The number of halogens is 1. The standard InChI is InChI=1S/C14H12FN3/c1-9-3-2-8-18-13(16)12(17-14(9)18)10-4-6-11(15)7-5-10/h2-8H,16H2,1H3. The Kier molecular flexibility index (Phi) is 2.30. The molecule has 2 heterocycles. The van der Waals surface area contributed by atoms with Crippen LogP contribution in [0.15, 0.2) is 42.6 Å². The molecule has 0 fully saturated rings. The molecule has 0 radical (unpaired) electrons. The van der Waals surface area contributed by atoms with Gasteiger partial charge in [0.1, 0.15) is 23.0 Å². The molecule has 0 amide bonds. The summed E-state index contributed by atoms with van der Waals surface area (Å²) in [5, 5.41) is 0. The first-order valence-corrected chi connectivity index (χ1v) is 5.66. The largest absolute Gasteiger partial charge is 0.383 e. The van der Waals surface area contributed by atoms with Crippen LogP contribution in [0.1, 0.15) is 5.56 Å². The molecule has 0 aliphatic rings. The number of rotatable bonds is 1. The zero-order valence-corrected chi connectivity index (χ0v) is 9.89. The van der Waals surface area contributed by atoms with Crippen LogP contribution in [0.4, 0.5) is 10.2 Å². The summed E-state index contributed by atoms with van der Waals surface area (Å²) in [5.41, 5.74) is 9.47. The van der Waals surface area contributed by atoms with Crippen molar-refractivity contribution in [1.29, 1.82) is 0 Å². The molecule has 0 aliphatic heterocycles. The van der Waals surface area contributed by atoms with E-state index < -0.39 is 0 Å². The normalized spacial score (nSPS) is 11.0. The molecule has 3 nitrogen and oxygen atoms in total. The van der Waals surface area contributed by atoms with E-state index in [9.17, 15) is 4.39 Å². The molecule has 1 aromatic carbocycles. The number of pyridine rings is 1. The molecule has 2 aromatic heterocycles. The van der Waals surface area contributed by atoms with Gasteiger partial charge in [-0.1, -0.05) is 6.07 Å². The Morgan fingerprint density at radius 2 is 1.89 bits per heavy atom. The fourth-order valence-corrected chi connectivity index (χ4v) is 2.04. The van der Waals surface area contributed by atoms with Gasteiger partial charge in [-0.2, -0.15) is 0 Å². The highest BCUT2D eigenvalue weighted by atomic mass is 19.1. The van der Waals surface area contributed by atoms with E-state index in [0.29, 0.717) is 11.5 Å². The number of aryl methyl sites for hydroxylation is 1. The number of hydrogen-bond donors (Lipinski definition) is 1. The van der Waals surface area contributed by atoms with E-state index in [2.05, 4.69) is 4.98 Å². The zero-order chi connectivity index (χ0) is 12.7. The monoisotopic (exact) mass is 241 g/mol. The minimum atomic E-state index is -0.266. The molecule has 90 valence electrons. The lowest BCUT2D eigenvalue weighted by Crippen LogP contribution is -1.94. The van der Waals surface area contributed by atoms with E-state index in [1.807, 2.05) is 29.7 Å². The average Bonchev–Trinajstić information content (AvgIpc) is 2.70. The SMILES string of the molecule is Cc1cccn2c(N)c(-c3ccc(F)cc3)nc12. The summed E-state index contributed by atoms with van der Waals surface area (Å²) < 4.78 is 14.8. The van der Waals surface area contributed by atoms with Crippen LogP contribution in [0.5, 0.6) is 0 Å². The van der Waals surface area contributed by atoms with Crippen molar-refractivity contribution in [2.75, 3.05) is 5.73 Å². The van der Waals surface area contributed by atoms with Gasteiger partial charge in [-0.05, 0) is 42.8 Å². The number of aromatic nitrogens is 2. The lowest BCUT2D eigenvalue weighted by atomic mass is 10.1. The minimum Gasteiger partial charge on any atom is -0.383 e. The van der Waals surface area contributed by atoms with Gasteiger partial charge in [0, 0.05) is 11.8 Å². The van der Waals surface area contributed by atoms with Crippen LogP contribution in [-0.4, -0.2) is 9.38 Å². The number of anilines is 1. The quantitative estimate of drug-likeness (QED) is 0.711. The van der Waals surface area contributed by atoms with Crippen molar-refractivity contribution >= 4 is 11.5 Å². The molecule has 0 saturated heterocycles. The van der Waals surface area contributed by atoms with Gasteiger partial charge < -0.3 is 5.73 Å². The van der Waals surface area contributed by atoms with E-state index in [1.54, 1.807) is 12.1 Å². The topological polar surface area (TPSA) is 43.3 Å². The summed E-state index contributed by atoms with van der Waals surface area (Å²) in [5.74, 6) is 0.303. The summed E-state index contributed by atoms with van der Waals surface area (Å²) in [6, 6.07) is 10.1. The maximum atomic E-state index is 12.9. The second-order valence-electron chi connectivity index (χ2n) is 4.24. The van der Waals surface area contributed by atoms with Gasteiger partial charge in [0.2, 0.25) is 0 Å². The summed E-state index contributed by atoms with van der Waals surface area (Å²) in [6.45, 7) is 1.98. The van der Waals surface area contributed by atoms with Gasteiger partial charge in [-0.3, -0.25) is 4.40 Å². The van der Waals surface area contributed by atoms with Crippen molar-refractivity contribution < 1.29 is 4.39 Å². The Morgan fingerprint density at radius 1 is 1.17 bits per heavy atom. The third kappa shape index (κ3) is 1.54. The van der Waals surface area contributed by atoms with E-state index in [4.69, 9.17) is 5.73 Å². The molecule has 0 unspecified atom stereocenters. The number of nitrogen functional groups attached to an aromatic ring is 1. The second-order valence-corrected chi connectivity index (χ2v) is 4.24. The predicted molar refractivity (Wildman–Crippen MR) is 69.7 cm³/mol. The van der Waals surface area contributed by atoms with Gasteiger partial charge in [0.25, 0.3) is 0 Å². The molecule has 18 heavy (non-hydrogen) atoms. The van der Waals surface area contributed by atoms with E-state index in [1.165, 1.54) is 12.1 Å². The lowest BCUT2D eigenvalue weighted by molar-refractivity contribution is 0.628.